The summed E-state index contributed by atoms with van der Waals surface area (Å²) in [5.74, 6) is 1.30. The van der Waals surface area contributed by atoms with Crippen LogP contribution in [0.4, 0.5) is 0 Å². The Morgan fingerprint density at radius 3 is 2.50 bits per heavy atom. The smallest absolute Gasteiger partial charge is 0.163 e. The van der Waals surface area contributed by atoms with E-state index < -0.39 is 6.10 Å². The minimum absolute atomic E-state index is 0.0813. The summed E-state index contributed by atoms with van der Waals surface area (Å²) < 4.78 is 5.38. The van der Waals surface area contributed by atoms with Crippen LogP contribution in [0.25, 0.3) is 0 Å². The Bertz CT molecular complexity index is 523. The summed E-state index contributed by atoms with van der Waals surface area (Å²) in [5, 5.41) is 19.8. The Morgan fingerprint density at radius 1 is 1.21 bits per heavy atom. The second kappa shape index (κ2) is 10.3. The number of aliphatic hydroxyl groups excluding tert-OH is 1. The van der Waals surface area contributed by atoms with Crippen molar-refractivity contribution in [3.8, 4) is 11.5 Å². The van der Waals surface area contributed by atoms with Gasteiger partial charge in [0.05, 0.1) is 13.2 Å². The van der Waals surface area contributed by atoms with Crippen molar-refractivity contribution in [3.05, 3.63) is 23.3 Å². The van der Waals surface area contributed by atoms with Crippen molar-refractivity contribution in [1.82, 2.24) is 0 Å². The third-order valence-electron chi connectivity index (χ3n) is 4.27. The van der Waals surface area contributed by atoms with Crippen LogP contribution in [0.1, 0.15) is 64.0 Å². The van der Waals surface area contributed by atoms with Crippen LogP contribution in [-0.4, -0.2) is 29.2 Å². The number of benzene rings is 1. The zero-order valence-electron chi connectivity index (χ0n) is 15.5. The average Bonchev–Trinajstić information content (AvgIpc) is 2.51. The van der Waals surface area contributed by atoms with Crippen LogP contribution in [0.2, 0.25) is 0 Å². The van der Waals surface area contributed by atoms with Crippen LogP contribution in [0.15, 0.2) is 12.1 Å². The Hall–Kier alpha value is -1.55. The molecule has 0 bridgehead atoms. The quantitative estimate of drug-likeness (QED) is 0.640. The molecule has 0 saturated carbocycles. The highest BCUT2D eigenvalue weighted by Crippen LogP contribution is 2.34. The van der Waals surface area contributed by atoms with Crippen molar-refractivity contribution in [1.29, 1.82) is 0 Å². The van der Waals surface area contributed by atoms with Crippen molar-refractivity contribution in [2.45, 2.75) is 71.8 Å². The maximum absolute atomic E-state index is 12.1. The normalized spacial score (nSPS) is 12.4. The SMILES string of the molecule is CCCC(O)CC(=O)CCc1ccc(O)c(OC)c1CCC(C)C. The fraction of sp³-hybridized carbons (Fsp3) is 0.650. The van der Waals surface area contributed by atoms with Gasteiger partial charge in [0.2, 0.25) is 0 Å². The summed E-state index contributed by atoms with van der Waals surface area (Å²) in [5.41, 5.74) is 2.04. The lowest BCUT2D eigenvalue weighted by Gasteiger charge is -2.16. The summed E-state index contributed by atoms with van der Waals surface area (Å²) in [6.45, 7) is 6.32. The molecule has 0 saturated heterocycles. The van der Waals surface area contributed by atoms with E-state index in [-0.39, 0.29) is 18.0 Å². The second-order valence-electron chi connectivity index (χ2n) is 6.87. The molecule has 0 aliphatic heterocycles. The lowest BCUT2D eigenvalue weighted by atomic mass is 9.93. The van der Waals surface area contributed by atoms with E-state index in [1.807, 2.05) is 13.0 Å². The number of hydrogen-bond donors (Lipinski definition) is 2. The summed E-state index contributed by atoms with van der Waals surface area (Å²) in [6.07, 6.45) is 4.07. The number of carbonyl (C=O) groups is 1. The highest BCUT2D eigenvalue weighted by Gasteiger charge is 2.16. The molecule has 0 aliphatic rings. The molecular weight excluding hydrogens is 304 g/mol. The van der Waals surface area contributed by atoms with Gasteiger partial charge in [-0.05, 0) is 43.2 Å². The first-order chi connectivity index (χ1) is 11.4. The molecule has 0 spiro atoms. The Morgan fingerprint density at radius 2 is 1.92 bits per heavy atom. The first-order valence-corrected chi connectivity index (χ1v) is 8.96. The van der Waals surface area contributed by atoms with Gasteiger partial charge in [-0.2, -0.15) is 0 Å². The molecule has 0 amide bonds. The number of methoxy groups -OCH3 is 1. The molecule has 24 heavy (non-hydrogen) atoms. The number of phenolic OH excluding ortho intramolecular Hbond substituents is 1. The summed E-state index contributed by atoms with van der Waals surface area (Å²) in [4.78, 5) is 12.1. The van der Waals surface area contributed by atoms with Crippen molar-refractivity contribution in [3.63, 3.8) is 0 Å². The van der Waals surface area contributed by atoms with Crippen LogP contribution in [-0.2, 0) is 17.6 Å². The average molecular weight is 336 g/mol. The van der Waals surface area contributed by atoms with Crippen LogP contribution in [0, 0.1) is 5.92 Å². The van der Waals surface area contributed by atoms with E-state index in [2.05, 4.69) is 13.8 Å². The van der Waals surface area contributed by atoms with Crippen LogP contribution in [0.5, 0.6) is 11.5 Å². The summed E-state index contributed by atoms with van der Waals surface area (Å²) in [7, 11) is 1.56. The number of phenols is 1. The van der Waals surface area contributed by atoms with E-state index in [4.69, 9.17) is 4.74 Å². The molecule has 0 heterocycles. The van der Waals surface area contributed by atoms with Gasteiger partial charge < -0.3 is 14.9 Å². The Balaban J connectivity index is 2.80. The van der Waals surface area contributed by atoms with Crippen molar-refractivity contribution in [2.75, 3.05) is 7.11 Å². The van der Waals surface area contributed by atoms with Gasteiger partial charge in [-0.25, -0.2) is 0 Å². The van der Waals surface area contributed by atoms with Gasteiger partial charge in [-0.3, -0.25) is 4.79 Å². The van der Waals surface area contributed by atoms with E-state index in [9.17, 15) is 15.0 Å². The molecule has 0 fully saturated rings. The largest absolute Gasteiger partial charge is 0.504 e. The van der Waals surface area contributed by atoms with Crippen molar-refractivity contribution in [2.24, 2.45) is 5.92 Å². The monoisotopic (exact) mass is 336 g/mol. The Kier molecular flexibility index (Phi) is 8.83. The van der Waals surface area contributed by atoms with E-state index in [0.717, 1.165) is 30.4 Å². The first-order valence-electron chi connectivity index (χ1n) is 8.96. The van der Waals surface area contributed by atoms with Crippen molar-refractivity contribution >= 4 is 5.78 Å². The third kappa shape index (κ3) is 6.52. The molecule has 0 aliphatic carbocycles. The molecule has 4 heteroatoms. The predicted molar refractivity (Wildman–Crippen MR) is 96.7 cm³/mol. The van der Waals surface area contributed by atoms with E-state index in [0.29, 0.717) is 30.9 Å². The molecule has 136 valence electrons. The van der Waals surface area contributed by atoms with Crippen LogP contribution >= 0.6 is 0 Å². The number of aryl methyl sites for hydroxylation is 1. The molecule has 1 rings (SSSR count). The molecule has 4 nitrogen and oxygen atoms in total. The lowest BCUT2D eigenvalue weighted by molar-refractivity contribution is -0.121. The lowest BCUT2D eigenvalue weighted by Crippen LogP contribution is -2.14. The molecule has 2 N–H and O–H groups in total. The van der Waals surface area contributed by atoms with E-state index in [1.54, 1.807) is 13.2 Å². The number of hydrogen-bond acceptors (Lipinski definition) is 4. The summed E-state index contributed by atoms with van der Waals surface area (Å²) in [6, 6.07) is 3.51. The predicted octanol–water partition coefficient (Wildman–Crippen LogP) is 4.04. The second-order valence-corrected chi connectivity index (χ2v) is 6.87. The summed E-state index contributed by atoms with van der Waals surface area (Å²) >= 11 is 0. The third-order valence-corrected chi connectivity index (χ3v) is 4.27. The zero-order valence-corrected chi connectivity index (χ0v) is 15.5. The molecule has 1 unspecified atom stereocenters. The van der Waals surface area contributed by atoms with Gasteiger partial charge in [-0.1, -0.05) is 33.3 Å². The highest BCUT2D eigenvalue weighted by atomic mass is 16.5. The molecule has 1 atom stereocenters. The number of aromatic hydroxyl groups is 1. The minimum atomic E-state index is -0.530. The molecule has 1 aromatic carbocycles. The number of aliphatic hydroxyl groups is 1. The number of carbonyl (C=O) groups excluding carboxylic acids is 1. The Labute approximate surface area is 145 Å². The van der Waals surface area contributed by atoms with Gasteiger partial charge >= 0.3 is 0 Å². The maximum Gasteiger partial charge on any atom is 0.163 e. The maximum atomic E-state index is 12.1. The molecular formula is C20H32O4. The number of ketones is 1. The van der Waals surface area contributed by atoms with Crippen LogP contribution < -0.4 is 4.74 Å². The standard InChI is InChI=1S/C20H32O4/c1-5-6-16(21)13-17(22)10-8-15-9-12-19(23)20(24-4)18(15)11-7-14(2)3/h9,12,14,16,21,23H,5-8,10-11,13H2,1-4H3. The number of ether oxygens (including phenoxy) is 1. The van der Waals surface area contributed by atoms with Gasteiger partial charge in [-0.15, -0.1) is 0 Å². The van der Waals surface area contributed by atoms with E-state index in [1.165, 1.54) is 0 Å². The van der Waals surface area contributed by atoms with Gasteiger partial charge in [0.1, 0.15) is 5.78 Å². The molecule has 0 aromatic heterocycles. The molecule has 1 aromatic rings. The minimum Gasteiger partial charge on any atom is -0.504 e. The van der Waals surface area contributed by atoms with Gasteiger partial charge in [0.25, 0.3) is 0 Å². The van der Waals surface area contributed by atoms with Crippen LogP contribution in [0.3, 0.4) is 0 Å². The van der Waals surface area contributed by atoms with Gasteiger partial charge in [0, 0.05) is 18.4 Å². The molecule has 0 radical (unpaired) electrons. The fourth-order valence-corrected chi connectivity index (χ4v) is 2.90. The first kappa shape index (κ1) is 20.5. The highest BCUT2D eigenvalue weighted by molar-refractivity contribution is 5.79. The zero-order chi connectivity index (χ0) is 18.1. The number of rotatable bonds is 11. The van der Waals surface area contributed by atoms with Gasteiger partial charge in [0.15, 0.2) is 11.5 Å². The fourth-order valence-electron chi connectivity index (χ4n) is 2.90. The topological polar surface area (TPSA) is 66.8 Å². The van der Waals surface area contributed by atoms with E-state index >= 15 is 0 Å². The van der Waals surface area contributed by atoms with Crippen molar-refractivity contribution < 1.29 is 19.7 Å². The number of Topliss-reactive ketones (excluding diaryl/α,β-unsaturated/α-hetero) is 1.